The van der Waals surface area contributed by atoms with Gasteiger partial charge in [0.1, 0.15) is 0 Å². The fourth-order valence-electron chi connectivity index (χ4n) is 2.93. The van der Waals surface area contributed by atoms with E-state index in [-0.39, 0.29) is 4.90 Å². The predicted molar refractivity (Wildman–Crippen MR) is 115 cm³/mol. The number of carbonyl (C=O) groups excluding carboxylic acids is 2. The summed E-state index contributed by atoms with van der Waals surface area (Å²) in [5.41, 5.74) is 1.07. The van der Waals surface area contributed by atoms with Crippen molar-refractivity contribution in [2.45, 2.75) is 17.7 Å². The second-order valence-corrected chi connectivity index (χ2v) is 9.05. The molecule has 0 radical (unpaired) electrons. The maximum atomic E-state index is 12.6. The first-order valence-electron chi connectivity index (χ1n) is 9.35. The summed E-state index contributed by atoms with van der Waals surface area (Å²) in [5, 5.41) is 3.13. The first-order chi connectivity index (χ1) is 14.3. The van der Waals surface area contributed by atoms with E-state index in [2.05, 4.69) is 5.32 Å². The van der Waals surface area contributed by atoms with Crippen LogP contribution in [0.3, 0.4) is 0 Å². The van der Waals surface area contributed by atoms with Crippen LogP contribution in [0.1, 0.15) is 18.4 Å². The molecule has 0 unspecified atom stereocenters. The van der Waals surface area contributed by atoms with E-state index in [1.165, 1.54) is 22.5 Å². The van der Waals surface area contributed by atoms with Gasteiger partial charge in [0.25, 0.3) is 5.91 Å². The normalized spacial score (nSPS) is 14.7. The highest BCUT2D eigenvalue weighted by molar-refractivity contribution is 7.89. The van der Waals surface area contributed by atoms with Gasteiger partial charge in [0.2, 0.25) is 10.0 Å². The van der Waals surface area contributed by atoms with Crippen molar-refractivity contribution in [1.82, 2.24) is 4.31 Å². The zero-order chi connectivity index (χ0) is 21.6. The van der Waals surface area contributed by atoms with E-state index in [1.807, 2.05) is 0 Å². The molecule has 1 aliphatic heterocycles. The minimum Gasteiger partial charge on any atom is -0.452 e. The number of ether oxygens (including phenoxy) is 1. The number of halogens is 1. The Hall–Kier alpha value is -2.68. The number of anilines is 1. The van der Waals surface area contributed by atoms with E-state index in [1.54, 1.807) is 42.5 Å². The SMILES string of the molecule is O=C(COC(=O)/C=C/c1ccc(Cl)cc1)Nc1cccc(S(=O)(=O)N2CCCC2)c1. The van der Waals surface area contributed by atoms with Gasteiger partial charge in [0, 0.05) is 29.9 Å². The number of nitrogens with zero attached hydrogens (tertiary/aromatic N) is 1. The van der Waals surface area contributed by atoms with Crippen molar-refractivity contribution in [3.8, 4) is 0 Å². The third-order valence-corrected chi connectivity index (χ3v) is 6.59. The van der Waals surface area contributed by atoms with Crippen LogP contribution in [-0.4, -0.2) is 44.3 Å². The molecule has 1 heterocycles. The number of esters is 1. The number of sulfonamides is 1. The Bertz CT molecular complexity index is 1050. The van der Waals surface area contributed by atoms with Crippen LogP contribution in [0.25, 0.3) is 6.08 Å². The monoisotopic (exact) mass is 448 g/mol. The Labute approximate surface area is 180 Å². The smallest absolute Gasteiger partial charge is 0.331 e. The van der Waals surface area contributed by atoms with Gasteiger partial charge in [-0.25, -0.2) is 13.2 Å². The van der Waals surface area contributed by atoms with Gasteiger partial charge < -0.3 is 10.1 Å². The molecule has 9 heteroatoms. The Morgan fingerprint density at radius 3 is 2.50 bits per heavy atom. The van der Waals surface area contributed by atoms with Crippen molar-refractivity contribution in [1.29, 1.82) is 0 Å². The van der Waals surface area contributed by atoms with E-state index < -0.39 is 28.5 Å². The molecule has 3 rings (SSSR count). The van der Waals surface area contributed by atoms with E-state index in [0.717, 1.165) is 18.4 Å². The molecular weight excluding hydrogens is 428 g/mol. The summed E-state index contributed by atoms with van der Waals surface area (Å²) in [6.45, 7) is 0.504. The van der Waals surface area contributed by atoms with Crippen LogP contribution in [0.2, 0.25) is 5.02 Å². The molecule has 1 amide bonds. The van der Waals surface area contributed by atoms with Crippen LogP contribution in [0.15, 0.2) is 59.5 Å². The van der Waals surface area contributed by atoms with Crippen LogP contribution in [0, 0.1) is 0 Å². The molecule has 30 heavy (non-hydrogen) atoms. The third kappa shape index (κ3) is 5.91. The summed E-state index contributed by atoms with van der Waals surface area (Å²) in [4.78, 5) is 23.9. The lowest BCUT2D eigenvalue weighted by Gasteiger charge is -2.16. The lowest BCUT2D eigenvalue weighted by atomic mass is 10.2. The van der Waals surface area contributed by atoms with Crippen molar-refractivity contribution in [3.05, 3.63) is 65.2 Å². The van der Waals surface area contributed by atoms with Gasteiger partial charge in [-0.15, -0.1) is 0 Å². The fourth-order valence-corrected chi connectivity index (χ4v) is 4.62. The Morgan fingerprint density at radius 2 is 1.80 bits per heavy atom. The van der Waals surface area contributed by atoms with E-state index in [9.17, 15) is 18.0 Å². The molecule has 0 aromatic heterocycles. The molecule has 7 nitrogen and oxygen atoms in total. The quantitative estimate of drug-likeness (QED) is 0.518. The van der Waals surface area contributed by atoms with Crippen molar-refractivity contribution in [2.24, 2.45) is 0 Å². The third-order valence-electron chi connectivity index (χ3n) is 4.45. The first kappa shape index (κ1) is 22.0. The fraction of sp³-hybridized carbons (Fsp3) is 0.238. The van der Waals surface area contributed by atoms with Crippen molar-refractivity contribution in [3.63, 3.8) is 0 Å². The summed E-state index contributed by atoms with van der Waals surface area (Å²) < 4.78 is 31.6. The maximum Gasteiger partial charge on any atom is 0.331 e. The number of benzene rings is 2. The molecule has 1 fully saturated rings. The second kappa shape index (κ2) is 9.88. The van der Waals surface area contributed by atoms with Gasteiger partial charge in [0.05, 0.1) is 4.90 Å². The van der Waals surface area contributed by atoms with Crippen LogP contribution >= 0.6 is 11.6 Å². The van der Waals surface area contributed by atoms with Crippen molar-refractivity contribution < 1.29 is 22.7 Å². The molecule has 0 atom stereocenters. The predicted octanol–water partition coefficient (Wildman–Crippen LogP) is 3.32. The summed E-state index contributed by atoms with van der Waals surface area (Å²) in [7, 11) is -3.58. The minimum atomic E-state index is -3.58. The molecule has 158 valence electrons. The van der Waals surface area contributed by atoms with Crippen molar-refractivity contribution >= 4 is 45.3 Å². The van der Waals surface area contributed by atoms with Gasteiger partial charge >= 0.3 is 5.97 Å². The Morgan fingerprint density at radius 1 is 1.10 bits per heavy atom. The highest BCUT2D eigenvalue weighted by atomic mass is 35.5. The summed E-state index contributed by atoms with van der Waals surface area (Å²) in [6, 6.07) is 12.9. The molecule has 0 aliphatic carbocycles. The van der Waals surface area contributed by atoms with Crippen LogP contribution < -0.4 is 5.32 Å². The molecule has 2 aromatic carbocycles. The van der Waals surface area contributed by atoms with Gasteiger partial charge in [-0.2, -0.15) is 4.31 Å². The minimum absolute atomic E-state index is 0.116. The van der Waals surface area contributed by atoms with Gasteiger partial charge in [-0.3, -0.25) is 4.79 Å². The molecule has 0 saturated carbocycles. The molecule has 1 N–H and O–H groups in total. The number of hydrogen-bond donors (Lipinski definition) is 1. The maximum absolute atomic E-state index is 12.6. The van der Waals surface area contributed by atoms with Crippen LogP contribution in [0.5, 0.6) is 0 Å². The summed E-state index contributed by atoms with van der Waals surface area (Å²) in [5.74, 6) is -1.25. The van der Waals surface area contributed by atoms with Gasteiger partial charge in [-0.05, 0) is 54.8 Å². The molecular formula is C21H21ClN2O5S. The number of rotatable bonds is 7. The Kier molecular flexibility index (Phi) is 7.25. The molecule has 0 spiro atoms. The zero-order valence-corrected chi connectivity index (χ0v) is 17.7. The number of hydrogen-bond acceptors (Lipinski definition) is 5. The highest BCUT2D eigenvalue weighted by Crippen LogP contribution is 2.23. The Balaban J connectivity index is 1.53. The molecule has 1 saturated heterocycles. The summed E-state index contributed by atoms with van der Waals surface area (Å²) in [6.07, 6.45) is 4.43. The lowest BCUT2D eigenvalue weighted by molar-refractivity contribution is -0.142. The second-order valence-electron chi connectivity index (χ2n) is 6.68. The number of amides is 1. The number of carbonyl (C=O) groups is 2. The van der Waals surface area contributed by atoms with Crippen molar-refractivity contribution in [2.75, 3.05) is 25.0 Å². The van der Waals surface area contributed by atoms with E-state index >= 15 is 0 Å². The number of nitrogens with one attached hydrogen (secondary N) is 1. The van der Waals surface area contributed by atoms with Crippen LogP contribution in [0.4, 0.5) is 5.69 Å². The lowest BCUT2D eigenvalue weighted by Crippen LogP contribution is -2.28. The van der Waals surface area contributed by atoms with E-state index in [4.69, 9.17) is 16.3 Å². The average Bonchev–Trinajstić information content (AvgIpc) is 3.28. The largest absolute Gasteiger partial charge is 0.452 e. The molecule has 1 aliphatic rings. The van der Waals surface area contributed by atoms with Crippen LogP contribution in [-0.2, 0) is 24.3 Å². The first-order valence-corrected chi connectivity index (χ1v) is 11.2. The van der Waals surface area contributed by atoms with Gasteiger partial charge in [0.15, 0.2) is 6.61 Å². The summed E-state index contributed by atoms with van der Waals surface area (Å²) >= 11 is 5.80. The van der Waals surface area contributed by atoms with Gasteiger partial charge in [-0.1, -0.05) is 29.8 Å². The average molecular weight is 449 g/mol. The topological polar surface area (TPSA) is 92.8 Å². The standard InChI is InChI=1S/C21H21ClN2O5S/c22-17-9-6-16(7-10-17)8-11-21(26)29-15-20(25)23-18-4-3-5-19(14-18)30(27,28)24-12-1-2-13-24/h3-11,14H,1-2,12-13,15H2,(H,23,25)/b11-8+. The highest BCUT2D eigenvalue weighted by Gasteiger charge is 2.27. The molecule has 2 aromatic rings. The zero-order valence-electron chi connectivity index (χ0n) is 16.1. The molecule has 0 bridgehead atoms. The van der Waals surface area contributed by atoms with E-state index in [0.29, 0.717) is 23.8 Å².